The molecule has 0 radical (unpaired) electrons. The third-order valence-corrected chi connectivity index (χ3v) is 3.23. The first kappa shape index (κ1) is 13.4. The number of rotatable bonds is 2. The van der Waals surface area contributed by atoms with Crippen molar-refractivity contribution in [3.05, 3.63) is 52.0 Å². The summed E-state index contributed by atoms with van der Waals surface area (Å²) in [4.78, 5) is 12.0. The van der Waals surface area contributed by atoms with E-state index in [1.807, 2.05) is 25.1 Å². The third kappa shape index (κ3) is 3.26. The van der Waals surface area contributed by atoms with Crippen molar-refractivity contribution in [1.82, 2.24) is 0 Å². The van der Waals surface area contributed by atoms with E-state index in [4.69, 9.17) is 0 Å². The Kier molecular flexibility index (Phi) is 3.76. The fraction of sp³-hybridized carbons (Fsp3) is 0.0714. The lowest BCUT2D eigenvalue weighted by Crippen LogP contribution is -2.12. The van der Waals surface area contributed by atoms with Crippen molar-refractivity contribution in [3.63, 3.8) is 0 Å². The van der Waals surface area contributed by atoms with E-state index >= 15 is 0 Å². The molecule has 0 aliphatic heterocycles. The van der Waals surface area contributed by atoms with Crippen LogP contribution in [-0.2, 0) is 0 Å². The molecule has 5 heteroatoms. The molecule has 0 saturated heterocycles. The maximum Gasteiger partial charge on any atom is 0.255 e. The Morgan fingerprint density at radius 1 is 1.11 bits per heavy atom. The number of benzene rings is 2. The van der Waals surface area contributed by atoms with E-state index < -0.39 is 5.91 Å². The van der Waals surface area contributed by atoms with E-state index in [1.165, 1.54) is 18.2 Å². The van der Waals surface area contributed by atoms with Gasteiger partial charge < -0.3 is 15.5 Å². The predicted molar refractivity (Wildman–Crippen MR) is 76.6 cm³/mol. The number of nitrogens with one attached hydrogen (secondary N) is 1. The Morgan fingerprint density at radius 2 is 1.74 bits per heavy atom. The van der Waals surface area contributed by atoms with E-state index in [9.17, 15) is 15.0 Å². The maximum absolute atomic E-state index is 12.0. The summed E-state index contributed by atoms with van der Waals surface area (Å²) in [5.74, 6) is -0.723. The molecule has 2 rings (SSSR count). The Morgan fingerprint density at radius 3 is 2.37 bits per heavy atom. The quantitative estimate of drug-likeness (QED) is 0.793. The Bertz CT molecular complexity index is 620. The minimum atomic E-state index is -0.405. The highest BCUT2D eigenvalue weighted by Crippen LogP contribution is 2.25. The smallest absolute Gasteiger partial charge is 0.255 e. The van der Waals surface area contributed by atoms with Crippen LogP contribution in [0.15, 0.2) is 40.9 Å². The number of phenols is 2. The summed E-state index contributed by atoms with van der Waals surface area (Å²) in [6.07, 6.45) is 0. The fourth-order valence-corrected chi connectivity index (χ4v) is 2.00. The van der Waals surface area contributed by atoms with Crippen molar-refractivity contribution in [2.75, 3.05) is 5.32 Å². The van der Waals surface area contributed by atoms with Gasteiger partial charge in [0.05, 0.1) is 5.69 Å². The summed E-state index contributed by atoms with van der Waals surface area (Å²) in [6, 6.07) is 9.33. The number of phenolic OH excluding ortho intramolecular Hbond substituents is 2. The molecule has 1 amide bonds. The molecule has 4 nitrogen and oxygen atoms in total. The summed E-state index contributed by atoms with van der Waals surface area (Å²) in [5.41, 5.74) is 1.83. The number of hydrogen-bond donors (Lipinski definition) is 3. The van der Waals surface area contributed by atoms with Crippen molar-refractivity contribution in [3.8, 4) is 11.5 Å². The van der Waals surface area contributed by atoms with Gasteiger partial charge in [-0.1, -0.05) is 6.07 Å². The molecule has 0 aliphatic carbocycles. The summed E-state index contributed by atoms with van der Waals surface area (Å²) in [7, 11) is 0. The van der Waals surface area contributed by atoms with Gasteiger partial charge in [0.1, 0.15) is 11.5 Å². The zero-order chi connectivity index (χ0) is 14.0. The summed E-state index contributed by atoms with van der Waals surface area (Å²) >= 11 is 3.35. The highest BCUT2D eigenvalue weighted by atomic mass is 79.9. The summed E-state index contributed by atoms with van der Waals surface area (Å²) < 4.78 is 0.760. The highest BCUT2D eigenvalue weighted by Gasteiger charge is 2.10. The second-order valence-electron chi connectivity index (χ2n) is 4.18. The zero-order valence-electron chi connectivity index (χ0n) is 10.1. The van der Waals surface area contributed by atoms with Gasteiger partial charge in [0.15, 0.2) is 0 Å². The Balaban J connectivity index is 2.28. The lowest BCUT2D eigenvalue weighted by Gasteiger charge is -2.09. The predicted octanol–water partition coefficient (Wildman–Crippen LogP) is 3.42. The molecule has 0 atom stereocenters. The molecule has 0 saturated carbocycles. The van der Waals surface area contributed by atoms with Crippen LogP contribution in [0.1, 0.15) is 15.9 Å². The molecule has 0 spiro atoms. The molecule has 2 aromatic rings. The average molecular weight is 322 g/mol. The molecule has 0 aromatic heterocycles. The Labute approximate surface area is 118 Å². The van der Waals surface area contributed by atoms with Gasteiger partial charge in [-0.3, -0.25) is 4.79 Å². The number of carbonyl (C=O) groups excluding carboxylic acids is 1. The normalized spacial score (nSPS) is 10.2. The topological polar surface area (TPSA) is 69.6 Å². The molecule has 0 heterocycles. The van der Waals surface area contributed by atoms with Gasteiger partial charge >= 0.3 is 0 Å². The molecule has 0 unspecified atom stereocenters. The van der Waals surface area contributed by atoms with Crippen LogP contribution in [0.5, 0.6) is 11.5 Å². The van der Waals surface area contributed by atoms with Crippen LogP contribution in [-0.4, -0.2) is 16.1 Å². The van der Waals surface area contributed by atoms with Crippen molar-refractivity contribution < 1.29 is 15.0 Å². The standard InChI is InChI=1S/C14H12BrNO3/c1-8-2-3-12(15)13(4-8)16-14(19)9-5-10(17)7-11(18)6-9/h2-7,17-18H,1H3,(H,16,19). The Hall–Kier alpha value is -2.01. The van der Waals surface area contributed by atoms with Crippen LogP contribution in [0.4, 0.5) is 5.69 Å². The van der Waals surface area contributed by atoms with E-state index in [-0.39, 0.29) is 17.1 Å². The molecule has 0 bridgehead atoms. The average Bonchev–Trinajstić information content (AvgIpc) is 2.32. The van der Waals surface area contributed by atoms with Gasteiger partial charge in [-0.25, -0.2) is 0 Å². The van der Waals surface area contributed by atoms with E-state index in [1.54, 1.807) is 0 Å². The van der Waals surface area contributed by atoms with Gasteiger partial charge in [-0.15, -0.1) is 0 Å². The fourth-order valence-electron chi connectivity index (χ4n) is 1.66. The lowest BCUT2D eigenvalue weighted by atomic mass is 10.1. The van der Waals surface area contributed by atoms with Crippen molar-refractivity contribution in [2.45, 2.75) is 6.92 Å². The van der Waals surface area contributed by atoms with Crippen LogP contribution >= 0.6 is 15.9 Å². The first-order chi connectivity index (χ1) is 8.95. The van der Waals surface area contributed by atoms with Gasteiger partial charge in [-0.05, 0) is 52.7 Å². The van der Waals surface area contributed by atoms with E-state index in [0.717, 1.165) is 10.0 Å². The molecular formula is C14H12BrNO3. The van der Waals surface area contributed by atoms with Crippen LogP contribution < -0.4 is 5.32 Å². The van der Waals surface area contributed by atoms with Crippen LogP contribution in [0.2, 0.25) is 0 Å². The van der Waals surface area contributed by atoms with E-state index in [2.05, 4.69) is 21.2 Å². The first-order valence-corrected chi connectivity index (χ1v) is 6.35. The van der Waals surface area contributed by atoms with Gasteiger partial charge in [0, 0.05) is 16.1 Å². The summed E-state index contributed by atoms with van der Waals surface area (Å²) in [5, 5.41) is 21.4. The molecule has 2 aromatic carbocycles. The minimum Gasteiger partial charge on any atom is -0.508 e. The minimum absolute atomic E-state index is 0.159. The van der Waals surface area contributed by atoms with Crippen molar-refractivity contribution in [1.29, 1.82) is 0 Å². The van der Waals surface area contributed by atoms with Gasteiger partial charge in [0.2, 0.25) is 0 Å². The number of amides is 1. The number of hydrogen-bond acceptors (Lipinski definition) is 3. The maximum atomic E-state index is 12.0. The van der Waals surface area contributed by atoms with Crippen LogP contribution in [0.3, 0.4) is 0 Å². The lowest BCUT2D eigenvalue weighted by molar-refractivity contribution is 0.102. The number of aryl methyl sites for hydroxylation is 1. The zero-order valence-corrected chi connectivity index (χ0v) is 11.7. The van der Waals surface area contributed by atoms with Crippen LogP contribution in [0.25, 0.3) is 0 Å². The van der Waals surface area contributed by atoms with Gasteiger partial charge in [-0.2, -0.15) is 0 Å². The second-order valence-corrected chi connectivity index (χ2v) is 5.03. The SMILES string of the molecule is Cc1ccc(Br)c(NC(=O)c2cc(O)cc(O)c2)c1. The van der Waals surface area contributed by atoms with Crippen molar-refractivity contribution in [2.24, 2.45) is 0 Å². The molecule has 3 N–H and O–H groups in total. The second kappa shape index (κ2) is 5.32. The van der Waals surface area contributed by atoms with Crippen molar-refractivity contribution >= 4 is 27.5 Å². The molecule has 0 aliphatic rings. The molecule has 98 valence electrons. The number of aromatic hydroxyl groups is 2. The monoisotopic (exact) mass is 321 g/mol. The highest BCUT2D eigenvalue weighted by molar-refractivity contribution is 9.10. The number of halogens is 1. The largest absolute Gasteiger partial charge is 0.508 e. The number of anilines is 1. The number of carbonyl (C=O) groups is 1. The first-order valence-electron chi connectivity index (χ1n) is 5.56. The van der Waals surface area contributed by atoms with E-state index in [0.29, 0.717) is 5.69 Å². The summed E-state index contributed by atoms with van der Waals surface area (Å²) in [6.45, 7) is 1.92. The van der Waals surface area contributed by atoms with Gasteiger partial charge in [0.25, 0.3) is 5.91 Å². The molecular weight excluding hydrogens is 310 g/mol. The molecule has 0 fully saturated rings. The van der Waals surface area contributed by atoms with Crippen LogP contribution in [0, 0.1) is 6.92 Å². The molecule has 19 heavy (non-hydrogen) atoms. The third-order valence-electron chi connectivity index (χ3n) is 2.53.